The summed E-state index contributed by atoms with van der Waals surface area (Å²) in [5, 5.41) is 2.71. The minimum absolute atomic E-state index is 0.0599. The third kappa shape index (κ3) is 4.73. The molecule has 146 valence electrons. The summed E-state index contributed by atoms with van der Waals surface area (Å²) in [4.78, 5) is 27.7. The van der Waals surface area contributed by atoms with E-state index in [1.165, 1.54) is 12.1 Å². The number of hydrogen-bond donors (Lipinski definition) is 1. The molecule has 1 saturated heterocycles. The summed E-state index contributed by atoms with van der Waals surface area (Å²) in [6, 6.07) is 10.5. The van der Waals surface area contributed by atoms with E-state index in [0.29, 0.717) is 18.8 Å². The predicted octanol–water partition coefficient (Wildman–Crippen LogP) is 2.98. The van der Waals surface area contributed by atoms with Gasteiger partial charge in [-0.25, -0.2) is 8.78 Å². The topological polar surface area (TPSA) is 52.7 Å². The highest BCUT2D eigenvalue weighted by molar-refractivity contribution is 5.92. The molecule has 2 amide bonds. The zero-order valence-corrected chi connectivity index (χ0v) is 15.3. The summed E-state index contributed by atoms with van der Waals surface area (Å²) in [5.41, 5.74) is 1.73. The molecule has 0 atom stereocenters. The number of benzene rings is 2. The van der Waals surface area contributed by atoms with Crippen LogP contribution < -0.4 is 10.2 Å². The molecule has 0 unspecified atom stereocenters. The molecule has 0 saturated carbocycles. The minimum atomic E-state index is -0.737. The smallest absolute Gasteiger partial charge is 0.246 e. The molecule has 3 rings (SSSR count). The Morgan fingerprint density at radius 1 is 1.04 bits per heavy atom. The molecule has 0 spiro atoms. The van der Waals surface area contributed by atoms with Gasteiger partial charge in [0, 0.05) is 43.6 Å². The highest BCUT2D eigenvalue weighted by atomic mass is 19.1. The largest absolute Gasteiger partial charge is 0.368 e. The van der Waals surface area contributed by atoms with Crippen LogP contribution >= 0.6 is 0 Å². The number of halogens is 2. The standard InChI is InChI=1S/C21H21F2N3O2/c1-2-21(28)26-11-9-25(10-12-26)18-7-5-17(6-8-18)24-20(27)13-15-3-4-16(22)14-19(15)23/h2-8,14H,1,9-13H2,(H,24,27). The van der Waals surface area contributed by atoms with E-state index in [2.05, 4.69) is 16.8 Å². The van der Waals surface area contributed by atoms with Crippen molar-refractivity contribution in [2.45, 2.75) is 6.42 Å². The molecule has 0 bridgehead atoms. The molecular formula is C21H21F2N3O2. The van der Waals surface area contributed by atoms with Crippen molar-refractivity contribution < 1.29 is 18.4 Å². The number of piperazine rings is 1. The van der Waals surface area contributed by atoms with Crippen molar-refractivity contribution in [2.75, 3.05) is 36.4 Å². The van der Waals surface area contributed by atoms with Gasteiger partial charge in [-0.1, -0.05) is 12.6 Å². The Labute approximate surface area is 162 Å². The summed E-state index contributed by atoms with van der Waals surface area (Å²) in [6.07, 6.45) is 1.15. The molecule has 2 aromatic carbocycles. The first-order valence-corrected chi connectivity index (χ1v) is 8.96. The lowest BCUT2D eigenvalue weighted by atomic mass is 10.1. The molecule has 0 radical (unpaired) electrons. The van der Waals surface area contributed by atoms with Crippen LogP contribution in [0.3, 0.4) is 0 Å². The van der Waals surface area contributed by atoms with E-state index >= 15 is 0 Å². The summed E-state index contributed by atoms with van der Waals surface area (Å²) in [6.45, 7) is 6.20. The fourth-order valence-electron chi connectivity index (χ4n) is 3.11. The summed E-state index contributed by atoms with van der Waals surface area (Å²) < 4.78 is 26.6. The summed E-state index contributed by atoms with van der Waals surface area (Å²) in [7, 11) is 0. The van der Waals surface area contributed by atoms with Gasteiger partial charge in [0.05, 0.1) is 6.42 Å². The van der Waals surface area contributed by atoms with Gasteiger partial charge in [0.25, 0.3) is 0 Å². The number of hydrogen-bond acceptors (Lipinski definition) is 3. The number of rotatable bonds is 5. The Kier molecular flexibility index (Phi) is 6.03. The zero-order valence-electron chi connectivity index (χ0n) is 15.3. The highest BCUT2D eigenvalue weighted by Gasteiger charge is 2.19. The summed E-state index contributed by atoms with van der Waals surface area (Å²) in [5.74, 6) is -1.85. The normalized spacial score (nSPS) is 13.9. The maximum atomic E-state index is 13.7. The van der Waals surface area contributed by atoms with Gasteiger partial charge in [0.1, 0.15) is 11.6 Å². The molecule has 28 heavy (non-hydrogen) atoms. The fourth-order valence-corrected chi connectivity index (χ4v) is 3.11. The van der Waals surface area contributed by atoms with Crippen molar-refractivity contribution >= 4 is 23.2 Å². The molecule has 5 nitrogen and oxygen atoms in total. The SMILES string of the molecule is C=CC(=O)N1CCN(c2ccc(NC(=O)Cc3ccc(F)cc3F)cc2)CC1. The second-order valence-corrected chi connectivity index (χ2v) is 6.52. The first kappa shape index (κ1) is 19.5. The molecular weight excluding hydrogens is 364 g/mol. The van der Waals surface area contributed by atoms with Crippen molar-refractivity contribution in [1.82, 2.24) is 4.90 Å². The van der Waals surface area contributed by atoms with Crippen LogP contribution in [0.15, 0.2) is 55.1 Å². The summed E-state index contributed by atoms with van der Waals surface area (Å²) >= 11 is 0. The molecule has 1 aliphatic heterocycles. The predicted molar refractivity (Wildman–Crippen MR) is 104 cm³/mol. The van der Waals surface area contributed by atoms with Crippen LogP contribution in [0.5, 0.6) is 0 Å². The second-order valence-electron chi connectivity index (χ2n) is 6.52. The third-order valence-corrected chi connectivity index (χ3v) is 4.65. The fraction of sp³-hybridized carbons (Fsp3) is 0.238. The average molecular weight is 385 g/mol. The van der Waals surface area contributed by atoms with Crippen LogP contribution in [0.1, 0.15) is 5.56 Å². The molecule has 0 aromatic heterocycles. The van der Waals surface area contributed by atoms with Crippen molar-refractivity contribution in [3.05, 3.63) is 72.3 Å². The Balaban J connectivity index is 1.55. The van der Waals surface area contributed by atoms with Gasteiger partial charge in [0.2, 0.25) is 11.8 Å². The van der Waals surface area contributed by atoms with Crippen molar-refractivity contribution in [1.29, 1.82) is 0 Å². The van der Waals surface area contributed by atoms with Crippen LogP contribution in [0.25, 0.3) is 0 Å². The van der Waals surface area contributed by atoms with Crippen LogP contribution in [0.2, 0.25) is 0 Å². The first-order valence-electron chi connectivity index (χ1n) is 8.96. The van der Waals surface area contributed by atoms with Crippen molar-refractivity contribution in [3.63, 3.8) is 0 Å². The van der Waals surface area contributed by atoms with Crippen LogP contribution in [0, 0.1) is 11.6 Å². The number of carbonyl (C=O) groups excluding carboxylic acids is 2. The first-order chi connectivity index (χ1) is 13.5. The highest BCUT2D eigenvalue weighted by Crippen LogP contribution is 2.20. The molecule has 7 heteroatoms. The van der Waals surface area contributed by atoms with E-state index in [0.717, 1.165) is 30.9 Å². The van der Waals surface area contributed by atoms with Crippen LogP contribution in [-0.2, 0) is 16.0 Å². The maximum Gasteiger partial charge on any atom is 0.246 e. The van der Waals surface area contributed by atoms with Gasteiger partial charge in [0.15, 0.2) is 0 Å². The van der Waals surface area contributed by atoms with E-state index < -0.39 is 11.6 Å². The maximum absolute atomic E-state index is 13.7. The Morgan fingerprint density at radius 2 is 1.71 bits per heavy atom. The van der Waals surface area contributed by atoms with E-state index in [1.54, 1.807) is 17.0 Å². The second kappa shape index (κ2) is 8.65. The van der Waals surface area contributed by atoms with E-state index in [-0.39, 0.29) is 23.8 Å². The van der Waals surface area contributed by atoms with Crippen LogP contribution in [-0.4, -0.2) is 42.9 Å². The van der Waals surface area contributed by atoms with Gasteiger partial charge in [-0.2, -0.15) is 0 Å². The van der Waals surface area contributed by atoms with Crippen molar-refractivity contribution in [2.24, 2.45) is 0 Å². The van der Waals surface area contributed by atoms with E-state index in [1.807, 2.05) is 12.1 Å². The molecule has 0 aliphatic carbocycles. The molecule has 1 fully saturated rings. The minimum Gasteiger partial charge on any atom is -0.368 e. The lowest BCUT2D eigenvalue weighted by molar-refractivity contribution is -0.126. The molecule has 1 aliphatic rings. The monoisotopic (exact) mass is 385 g/mol. The quantitative estimate of drug-likeness (QED) is 0.805. The molecule has 1 N–H and O–H groups in total. The Hall–Kier alpha value is -3.22. The van der Waals surface area contributed by atoms with Gasteiger partial charge in [-0.3, -0.25) is 9.59 Å². The Bertz CT molecular complexity index is 876. The average Bonchev–Trinajstić information content (AvgIpc) is 2.70. The number of anilines is 2. The van der Waals surface area contributed by atoms with Gasteiger partial charge >= 0.3 is 0 Å². The molecule has 1 heterocycles. The lowest BCUT2D eigenvalue weighted by Gasteiger charge is -2.35. The van der Waals surface area contributed by atoms with Crippen molar-refractivity contribution in [3.8, 4) is 0 Å². The number of amides is 2. The van der Waals surface area contributed by atoms with Gasteiger partial charge in [-0.05, 0) is 42.0 Å². The number of nitrogens with one attached hydrogen (secondary N) is 1. The molecule has 2 aromatic rings. The van der Waals surface area contributed by atoms with Crippen LogP contribution in [0.4, 0.5) is 20.2 Å². The van der Waals surface area contributed by atoms with Gasteiger partial charge in [-0.15, -0.1) is 0 Å². The lowest BCUT2D eigenvalue weighted by Crippen LogP contribution is -2.48. The van der Waals surface area contributed by atoms with Gasteiger partial charge < -0.3 is 15.1 Å². The number of nitrogens with zero attached hydrogens (tertiary/aromatic N) is 2. The van der Waals surface area contributed by atoms with E-state index in [9.17, 15) is 18.4 Å². The zero-order chi connectivity index (χ0) is 20.1. The number of carbonyl (C=O) groups is 2. The third-order valence-electron chi connectivity index (χ3n) is 4.65. The van der Waals surface area contributed by atoms with E-state index in [4.69, 9.17) is 0 Å². The Morgan fingerprint density at radius 3 is 2.32 bits per heavy atom.